The minimum absolute atomic E-state index is 0.0197. The fraction of sp³-hybridized carbons (Fsp3) is 0.533. The van der Waals surface area contributed by atoms with Gasteiger partial charge in [0.1, 0.15) is 5.75 Å². The second-order valence-corrected chi connectivity index (χ2v) is 5.10. The van der Waals surface area contributed by atoms with Crippen LogP contribution in [0.1, 0.15) is 43.0 Å². The Kier molecular flexibility index (Phi) is 4.80. The summed E-state index contributed by atoms with van der Waals surface area (Å²) in [7, 11) is 0. The van der Waals surface area contributed by atoms with Crippen LogP contribution in [0.15, 0.2) is 24.3 Å². The SMILES string of the molecule is C[C@@H](CC[C@@H]1CCCO1)NC(=O)c1ccccc1O. The minimum atomic E-state index is -0.224. The van der Waals surface area contributed by atoms with Crippen LogP contribution in [0.25, 0.3) is 0 Å². The lowest BCUT2D eigenvalue weighted by atomic mass is 10.1. The predicted octanol–water partition coefficient (Wildman–Crippen LogP) is 2.47. The van der Waals surface area contributed by atoms with Gasteiger partial charge in [-0.1, -0.05) is 12.1 Å². The van der Waals surface area contributed by atoms with Gasteiger partial charge in [-0.15, -0.1) is 0 Å². The van der Waals surface area contributed by atoms with Crippen LogP contribution >= 0.6 is 0 Å². The molecule has 1 saturated heterocycles. The molecular weight excluding hydrogens is 242 g/mol. The standard InChI is InChI=1S/C15H21NO3/c1-11(8-9-12-5-4-10-19-12)16-15(18)13-6-2-3-7-14(13)17/h2-3,6-7,11-12,17H,4-5,8-10H2,1H3,(H,16,18)/t11-,12-/m0/s1. The number of carbonyl (C=O) groups excluding carboxylic acids is 1. The highest BCUT2D eigenvalue weighted by Gasteiger charge is 2.18. The van der Waals surface area contributed by atoms with Gasteiger partial charge in [0.2, 0.25) is 0 Å². The summed E-state index contributed by atoms with van der Waals surface area (Å²) >= 11 is 0. The van der Waals surface area contributed by atoms with E-state index < -0.39 is 0 Å². The van der Waals surface area contributed by atoms with Crippen LogP contribution < -0.4 is 5.32 Å². The highest BCUT2D eigenvalue weighted by Crippen LogP contribution is 2.18. The van der Waals surface area contributed by atoms with Crippen LogP contribution in [0, 0.1) is 0 Å². The number of para-hydroxylation sites is 1. The van der Waals surface area contributed by atoms with E-state index in [0.29, 0.717) is 11.7 Å². The van der Waals surface area contributed by atoms with E-state index in [2.05, 4.69) is 5.32 Å². The second-order valence-electron chi connectivity index (χ2n) is 5.10. The zero-order chi connectivity index (χ0) is 13.7. The van der Waals surface area contributed by atoms with Crippen molar-refractivity contribution in [3.05, 3.63) is 29.8 Å². The van der Waals surface area contributed by atoms with Crippen molar-refractivity contribution in [1.29, 1.82) is 0 Å². The molecule has 0 spiro atoms. The molecule has 1 aliphatic heterocycles. The zero-order valence-corrected chi connectivity index (χ0v) is 11.3. The third-order valence-electron chi connectivity index (χ3n) is 3.47. The molecule has 1 fully saturated rings. The van der Waals surface area contributed by atoms with Gasteiger partial charge < -0.3 is 15.2 Å². The largest absolute Gasteiger partial charge is 0.507 e. The van der Waals surface area contributed by atoms with Crippen LogP contribution in [-0.4, -0.2) is 29.8 Å². The van der Waals surface area contributed by atoms with E-state index in [9.17, 15) is 9.90 Å². The Balaban J connectivity index is 1.79. The minimum Gasteiger partial charge on any atom is -0.507 e. The molecule has 0 unspecified atom stereocenters. The van der Waals surface area contributed by atoms with E-state index in [4.69, 9.17) is 4.74 Å². The lowest BCUT2D eigenvalue weighted by Crippen LogP contribution is -2.33. The summed E-state index contributed by atoms with van der Waals surface area (Å²) in [6.07, 6.45) is 4.49. The van der Waals surface area contributed by atoms with Gasteiger partial charge in [-0.2, -0.15) is 0 Å². The molecule has 1 aliphatic rings. The van der Waals surface area contributed by atoms with Crippen molar-refractivity contribution in [3.63, 3.8) is 0 Å². The number of hydrogen-bond donors (Lipinski definition) is 2. The first-order chi connectivity index (χ1) is 9.16. The topological polar surface area (TPSA) is 58.6 Å². The van der Waals surface area contributed by atoms with E-state index in [0.717, 1.165) is 32.3 Å². The third kappa shape index (κ3) is 3.96. The number of phenolic OH excluding ortho intramolecular Hbond substituents is 1. The number of carbonyl (C=O) groups is 1. The first kappa shape index (κ1) is 13.9. The summed E-state index contributed by atoms with van der Waals surface area (Å²) in [4.78, 5) is 12.0. The highest BCUT2D eigenvalue weighted by molar-refractivity contribution is 5.96. The van der Waals surface area contributed by atoms with Crippen molar-refractivity contribution in [3.8, 4) is 5.75 Å². The number of benzene rings is 1. The highest BCUT2D eigenvalue weighted by atomic mass is 16.5. The monoisotopic (exact) mass is 263 g/mol. The van der Waals surface area contributed by atoms with Gasteiger partial charge in [-0.3, -0.25) is 4.79 Å². The van der Waals surface area contributed by atoms with Crippen molar-refractivity contribution in [2.45, 2.75) is 44.8 Å². The van der Waals surface area contributed by atoms with E-state index in [1.54, 1.807) is 18.2 Å². The molecule has 1 heterocycles. The number of hydrogen-bond acceptors (Lipinski definition) is 3. The molecule has 19 heavy (non-hydrogen) atoms. The normalized spacial score (nSPS) is 20.2. The summed E-state index contributed by atoms with van der Waals surface area (Å²) in [5, 5.41) is 12.5. The maximum atomic E-state index is 12.0. The number of amides is 1. The number of rotatable bonds is 5. The predicted molar refractivity (Wildman–Crippen MR) is 73.2 cm³/mol. The molecule has 0 radical (unpaired) electrons. The van der Waals surface area contributed by atoms with Crippen LogP contribution in [0.4, 0.5) is 0 Å². The van der Waals surface area contributed by atoms with Crippen molar-refractivity contribution < 1.29 is 14.6 Å². The molecule has 1 aromatic carbocycles. The van der Waals surface area contributed by atoms with Crippen LogP contribution in [0.3, 0.4) is 0 Å². The summed E-state index contributed by atoms with van der Waals surface area (Å²) in [5.41, 5.74) is 0.325. The lowest BCUT2D eigenvalue weighted by Gasteiger charge is -2.16. The Morgan fingerprint density at radius 1 is 1.53 bits per heavy atom. The molecule has 1 amide bonds. The van der Waals surface area contributed by atoms with Crippen LogP contribution in [0.2, 0.25) is 0 Å². The molecular formula is C15H21NO3. The molecule has 1 aromatic rings. The van der Waals surface area contributed by atoms with Gasteiger partial charge >= 0.3 is 0 Å². The summed E-state index contributed by atoms with van der Waals surface area (Å²) in [6.45, 7) is 2.84. The maximum absolute atomic E-state index is 12.0. The summed E-state index contributed by atoms with van der Waals surface area (Å²) in [6, 6.07) is 6.67. The van der Waals surface area contributed by atoms with Gasteiger partial charge in [0.25, 0.3) is 5.91 Å². The third-order valence-corrected chi connectivity index (χ3v) is 3.47. The number of nitrogens with one attached hydrogen (secondary N) is 1. The first-order valence-electron chi connectivity index (χ1n) is 6.87. The molecule has 2 rings (SSSR count). The summed E-state index contributed by atoms with van der Waals surface area (Å²) < 4.78 is 5.56. The molecule has 2 atom stereocenters. The molecule has 0 saturated carbocycles. The van der Waals surface area contributed by atoms with Gasteiger partial charge in [-0.25, -0.2) is 0 Å². The average Bonchev–Trinajstić information content (AvgIpc) is 2.90. The Bertz CT molecular complexity index is 427. The molecule has 2 N–H and O–H groups in total. The van der Waals surface area contributed by atoms with Gasteiger partial charge in [-0.05, 0) is 44.7 Å². The van der Waals surface area contributed by atoms with E-state index in [-0.39, 0.29) is 17.7 Å². The molecule has 0 aromatic heterocycles. The molecule has 104 valence electrons. The van der Waals surface area contributed by atoms with Crippen LogP contribution in [-0.2, 0) is 4.74 Å². The zero-order valence-electron chi connectivity index (χ0n) is 11.3. The van der Waals surface area contributed by atoms with Gasteiger partial charge in [0, 0.05) is 12.6 Å². The van der Waals surface area contributed by atoms with Crippen molar-refractivity contribution >= 4 is 5.91 Å². The quantitative estimate of drug-likeness (QED) is 0.858. The molecule has 4 heteroatoms. The Morgan fingerprint density at radius 3 is 3.00 bits per heavy atom. The van der Waals surface area contributed by atoms with Crippen LogP contribution in [0.5, 0.6) is 5.75 Å². The lowest BCUT2D eigenvalue weighted by molar-refractivity contribution is 0.0897. The van der Waals surface area contributed by atoms with Crippen molar-refractivity contribution in [2.24, 2.45) is 0 Å². The second kappa shape index (κ2) is 6.57. The first-order valence-corrected chi connectivity index (χ1v) is 6.87. The fourth-order valence-electron chi connectivity index (χ4n) is 2.35. The van der Waals surface area contributed by atoms with Crippen molar-refractivity contribution in [1.82, 2.24) is 5.32 Å². The smallest absolute Gasteiger partial charge is 0.255 e. The number of aromatic hydroxyl groups is 1. The summed E-state index contributed by atoms with van der Waals surface area (Å²) in [5.74, 6) is -0.204. The van der Waals surface area contributed by atoms with Crippen molar-refractivity contribution in [2.75, 3.05) is 6.61 Å². The number of ether oxygens (including phenoxy) is 1. The Hall–Kier alpha value is -1.55. The van der Waals surface area contributed by atoms with Gasteiger partial charge in [0.05, 0.1) is 11.7 Å². The molecule has 0 aliphatic carbocycles. The van der Waals surface area contributed by atoms with E-state index >= 15 is 0 Å². The van der Waals surface area contributed by atoms with Gasteiger partial charge in [0.15, 0.2) is 0 Å². The van der Waals surface area contributed by atoms with E-state index in [1.807, 2.05) is 6.92 Å². The fourth-order valence-corrected chi connectivity index (χ4v) is 2.35. The molecule has 4 nitrogen and oxygen atoms in total. The maximum Gasteiger partial charge on any atom is 0.255 e. The number of phenols is 1. The van der Waals surface area contributed by atoms with E-state index in [1.165, 1.54) is 6.07 Å². The Labute approximate surface area is 113 Å². The average molecular weight is 263 g/mol. The molecule has 0 bridgehead atoms. The Morgan fingerprint density at radius 2 is 2.32 bits per heavy atom.